The predicted octanol–water partition coefficient (Wildman–Crippen LogP) is 3.92. The van der Waals surface area contributed by atoms with Gasteiger partial charge in [0.2, 0.25) is 0 Å². The standard InChI is InChI=1S/C23H20N4O3/c1-14-10-15-8-9-16(11-18(15)25-21(14)28)23(2,13-24)12-20-26-22(30-27-20)17-6-4-5-7-19(17)29-3/h4-11H,12H2,1-3H3,(H,25,28). The fourth-order valence-electron chi connectivity index (χ4n) is 3.43. The maximum atomic E-state index is 12.0. The third-order valence-electron chi connectivity index (χ3n) is 5.23. The normalized spacial score (nSPS) is 13.0. The molecule has 4 rings (SSSR count). The number of para-hydroxylation sites is 1. The highest BCUT2D eigenvalue weighted by Gasteiger charge is 2.30. The van der Waals surface area contributed by atoms with E-state index in [1.807, 2.05) is 55.5 Å². The summed E-state index contributed by atoms with van der Waals surface area (Å²) in [6.45, 7) is 3.58. The van der Waals surface area contributed by atoms with Gasteiger partial charge in [0.15, 0.2) is 5.82 Å². The van der Waals surface area contributed by atoms with Crippen LogP contribution in [0.5, 0.6) is 5.75 Å². The molecule has 0 fully saturated rings. The molecule has 0 saturated carbocycles. The van der Waals surface area contributed by atoms with Crippen LogP contribution in [0.3, 0.4) is 0 Å². The Labute approximate surface area is 172 Å². The molecule has 0 saturated heterocycles. The second kappa shape index (κ2) is 7.48. The van der Waals surface area contributed by atoms with Crippen LogP contribution in [-0.4, -0.2) is 22.2 Å². The molecule has 0 amide bonds. The second-order valence-electron chi connectivity index (χ2n) is 7.42. The van der Waals surface area contributed by atoms with E-state index in [0.29, 0.717) is 34.1 Å². The van der Waals surface area contributed by atoms with E-state index in [1.54, 1.807) is 14.0 Å². The molecular weight excluding hydrogens is 380 g/mol. The van der Waals surface area contributed by atoms with E-state index in [9.17, 15) is 10.1 Å². The molecule has 4 aromatic rings. The zero-order chi connectivity index (χ0) is 21.3. The van der Waals surface area contributed by atoms with Crippen molar-refractivity contribution in [3.8, 4) is 23.3 Å². The van der Waals surface area contributed by atoms with Crippen LogP contribution in [-0.2, 0) is 11.8 Å². The van der Waals surface area contributed by atoms with E-state index >= 15 is 0 Å². The van der Waals surface area contributed by atoms with Gasteiger partial charge < -0.3 is 14.2 Å². The third kappa shape index (κ3) is 3.44. The first-order valence-corrected chi connectivity index (χ1v) is 9.45. The van der Waals surface area contributed by atoms with Gasteiger partial charge in [-0.05, 0) is 49.1 Å². The molecule has 1 N–H and O–H groups in total. The molecule has 0 radical (unpaired) electrons. The smallest absolute Gasteiger partial charge is 0.261 e. The number of nitrogens with one attached hydrogen (secondary N) is 1. The summed E-state index contributed by atoms with van der Waals surface area (Å²) in [6.07, 6.45) is 0.254. The minimum Gasteiger partial charge on any atom is -0.496 e. The lowest BCUT2D eigenvalue weighted by Gasteiger charge is -2.20. The molecule has 0 aliphatic rings. The number of hydrogen-bond donors (Lipinski definition) is 1. The SMILES string of the molecule is COc1ccccc1-c1nc(CC(C)(C#N)c2ccc3cc(C)c(=O)[nH]c3c2)no1. The van der Waals surface area contributed by atoms with E-state index in [4.69, 9.17) is 9.26 Å². The molecule has 150 valence electrons. The van der Waals surface area contributed by atoms with Crippen molar-refractivity contribution in [2.75, 3.05) is 7.11 Å². The number of methoxy groups -OCH3 is 1. The number of aryl methyl sites for hydroxylation is 1. The number of rotatable bonds is 5. The largest absolute Gasteiger partial charge is 0.496 e. The van der Waals surface area contributed by atoms with Crippen molar-refractivity contribution in [3.63, 3.8) is 0 Å². The zero-order valence-electron chi connectivity index (χ0n) is 16.9. The molecule has 2 heterocycles. The first-order valence-electron chi connectivity index (χ1n) is 9.45. The van der Waals surface area contributed by atoms with Gasteiger partial charge >= 0.3 is 0 Å². The molecule has 30 heavy (non-hydrogen) atoms. The molecule has 1 atom stereocenters. The highest BCUT2D eigenvalue weighted by Crippen LogP contribution is 2.31. The quantitative estimate of drug-likeness (QED) is 0.544. The first kappa shape index (κ1) is 19.4. The summed E-state index contributed by atoms with van der Waals surface area (Å²) in [6, 6.07) is 17.2. The maximum Gasteiger partial charge on any atom is 0.261 e. The monoisotopic (exact) mass is 400 g/mol. The molecule has 7 nitrogen and oxygen atoms in total. The number of nitriles is 1. The molecule has 1 unspecified atom stereocenters. The lowest BCUT2D eigenvalue weighted by molar-refractivity contribution is 0.400. The Bertz CT molecular complexity index is 1330. The average molecular weight is 400 g/mol. The number of pyridine rings is 1. The van der Waals surface area contributed by atoms with E-state index < -0.39 is 5.41 Å². The van der Waals surface area contributed by atoms with Crippen LogP contribution in [0.25, 0.3) is 22.4 Å². The Hall–Kier alpha value is -3.92. The van der Waals surface area contributed by atoms with Crippen LogP contribution in [0.15, 0.2) is 57.8 Å². The van der Waals surface area contributed by atoms with Crippen LogP contribution in [0.2, 0.25) is 0 Å². The Morgan fingerprint density at radius 1 is 1.23 bits per heavy atom. The summed E-state index contributed by atoms with van der Waals surface area (Å²) < 4.78 is 10.8. The molecule has 2 aromatic carbocycles. The van der Waals surface area contributed by atoms with E-state index in [2.05, 4.69) is 21.2 Å². The van der Waals surface area contributed by atoms with Gasteiger partial charge in [-0.15, -0.1) is 0 Å². The Balaban J connectivity index is 1.68. The lowest BCUT2D eigenvalue weighted by atomic mass is 9.80. The summed E-state index contributed by atoms with van der Waals surface area (Å²) in [7, 11) is 1.58. The van der Waals surface area contributed by atoms with Crippen molar-refractivity contribution in [1.29, 1.82) is 5.26 Å². The number of aromatic amines is 1. The Morgan fingerprint density at radius 2 is 2.03 bits per heavy atom. The van der Waals surface area contributed by atoms with Crippen LogP contribution in [0.4, 0.5) is 0 Å². The van der Waals surface area contributed by atoms with Gasteiger partial charge in [0.25, 0.3) is 11.4 Å². The summed E-state index contributed by atoms with van der Waals surface area (Å²) in [5.41, 5.74) is 1.74. The van der Waals surface area contributed by atoms with Crippen molar-refractivity contribution in [2.45, 2.75) is 25.7 Å². The number of benzene rings is 2. The van der Waals surface area contributed by atoms with Gasteiger partial charge in [0, 0.05) is 17.5 Å². The number of fused-ring (bicyclic) bond motifs is 1. The van der Waals surface area contributed by atoms with Gasteiger partial charge in [-0.25, -0.2) is 0 Å². The Kier molecular flexibility index (Phi) is 4.84. The van der Waals surface area contributed by atoms with Crippen LogP contribution in [0, 0.1) is 18.3 Å². The minimum absolute atomic E-state index is 0.141. The van der Waals surface area contributed by atoms with Gasteiger partial charge in [-0.3, -0.25) is 4.79 Å². The van der Waals surface area contributed by atoms with E-state index in [-0.39, 0.29) is 12.0 Å². The van der Waals surface area contributed by atoms with E-state index in [0.717, 1.165) is 10.9 Å². The summed E-state index contributed by atoms with van der Waals surface area (Å²) in [4.78, 5) is 19.3. The predicted molar refractivity (Wildman–Crippen MR) is 112 cm³/mol. The average Bonchev–Trinajstić information content (AvgIpc) is 3.22. The van der Waals surface area contributed by atoms with Crippen molar-refractivity contribution in [2.24, 2.45) is 0 Å². The number of H-pyrrole nitrogens is 1. The van der Waals surface area contributed by atoms with Crippen LogP contribution >= 0.6 is 0 Å². The highest BCUT2D eigenvalue weighted by atomic mass is 16.5. The maximum absolute atomic E-state index is 12.0. The van der Waals surface area contributed by atoms with Crippen LogP contribution in [0.1, 0.15) is 23.9 Å². The highest BCUT2D eigenvalue weighted by molar-refractivity contribution is 5.80. The van der Waals surface area contributed by atoms with Gasteiger partial charge in [-0.2, -0.15) is 10.2 Å². The minimum atomic E-state index is -0.905. The van der Waals surface area contributed by atoms with Crippen LogP contribution < -0.4 is 10.3 Å². The third-order valence-corrected chi connectivity index (χ3v) is 5.23. The second-order valence-corrected chi connectivity index (χ2v) is 7.42. The number of hydrogen-bond acceptors (Lipinski definition) is 6. The van der Waals surface area contributed by atoms with Gasteiger partial charge in [0.1, 0.15) is 5.75 Å². The number of nitrogens with zero attached hydrogens (tertiary/aromatic N) is 3. The molecule has 0 aliphatic heterocycles. The molecule has 2 aromatic heterocycles. The topological polar surface area (TPSA) is 105 Å². The van der Waals surface area contributed by atoms with Crippen molar-refractivity contribution < 1.29 is 9.26 Å². The molecule has 7 heteroatoms. The lowest BCUT2D eigenvalue weighted by Crippen LogP contribution is -2.23. The number of ether oxygens (including phenoxy) is 1. The Morgan fingerprint density at radius 3 is 2.80 bits per heavy atom. The van der Waals surface area contributed by atoms with Crippen molar-refractivity contribution in [1.82, 2.24) is 15.1 Å². The van der Waals surface area contributed by atoms with Gasteiger partial charge in [0.05, 0.1) is 24.2 Å². The molecule has 0 spiro atoms. The van der Waals surface area contributed by atoms with Crippen molar-refractivity contribution in [3.05, 3.63) is 75.8 Å². The molecular formula is C23H20N4O3. The van der Waals surface area contributed by atoms with Crippen molar-refractivity contribution >= 4 is 10.9 Å². The number of aromatic nitrogens is 3. The fourth-order valence-corrected chi connectivity index (χ4v) is 3.43. The fraction of sp³-hybridized carbons (Fsp3) is 0.217. The summed E-state index contributed by atoms with van der Waals surface area (Å²) in [5.74, 6) is 1.38. The molecule has 0 aliphatic carbocycles. The zero-order valence-corrected chi connectivity index (χ0v) is 16.9. The van der Waals surface area contributed by atoms with E-state index in [1.165, 1.54) is 0 Å². The summed E-state index contributed by atoms with van der Waals surface area (Å²) >= 11 is 0. The van der Waals surface area contributed by atoms with Gasteiger partial charge in [-0.1, -0.05) is 29.4 Å². The summed E-state index contributed by atoms with van der Waals surface area (Å²) in [5, 5.41) is 14.9. The molecule has 0 bridgehead atoms. The first-order chi connectivity index (χ1) is 14.4.